The lowest BCUT2D eigenvalue weighted by molar-refractivity contribution is -0.118. The van der Waals surface area contributed by atoms with Crippen molar-refractivity contribution in [1.82, 2.24) is 4.72 Å². The molecule has 2 aromatic carbocycles. The first-order valence-corrected chi connectivity index (χ1v) is 10.4. The van der Waals surface area contributed by atoms with Gasteiger partial charge >= 0.3 is 0 Å². The van der Waals surface area contributed by atoms with Gasteiger partial charge in [0.2, 0.25) is 10.0 Å². The Morgan fingerprint density at radius 3 is 2.44 bits per heavy atom. The van der Waals surface area contributed by atoms with Gasteiger partial charge in [-0.05, 0) is 68.3 Å². The smallest absolute Gasteiger partial charge is 0.262 e. The summed E-state index contributed by atoms with van der Waals surface area (Å²) >= 11 is 5.89. The number of hydrogen-bond donors (Lipinski definition) is 2. The van der Waals surface area contributed by atoms with E-state index in [-0.39, 0.29) is 23.5 Å². The highest BCUT2D eigenvalue weighted by Gasteiger charge is 2.16. The van der Waals surface area contributed by atoms with E-state index in [0.29, 0.717) is 22.9 Å². The van der Waals surface area contributed by atoms with E-state index >= 15 is 0 Å². The molecular formula is C19H23ClN2O4S. The maximum Gasteiger partial charge on any atom is 0.262 e. The summed E-state index contributed by atoms with van der Waals surface area (Å²) in [5, 5.41) is 3.27. The summed E-state index contributed by atoms with van der Waals surface area (Å²) in [7, 11) is -3.57. The van der Waals surface area contributed by atoms with E-state index in [1.165, 1.54) is 24.3 Å². The molecule has 0 saturated heterocycles. The van der Waals surface area contributed by atoms with Gasteiger partial charge in [-0.2, -0.15) is 0 Å². The minimum atomic E-state index is -3.57. The second-order valence-electron chi connectivity index (χ2n) is 6.20. The highest BCUT2D eigenvalue weighted by molar-refractivity contribution is 7.89. The first-order chi connectivity index (χ1) is 12.7. The highest BCUT2D eigenvalue weighted by Crippen LogP contribution is 2.22. The number of nitrogens with one attached hydrogen (secondary N) is 2. The highest BCUT2D eigenvalue weighted by atomic mass is 35.5. The van der Waals surface area contributed by atoms with E-state index < -0.39 is 10.0 Å². The summed E-state index contributed by atoms with van der Waals surface area (Å²) in [6.45, 7) is 5.37. The van der Waals surface area contributed by atoms with Gasteiger partial charge in [-0.15, -0.1) is 0 Å². The Labute approximate surface area is 164 Å². The predicted octanol–water partition coefficient (Wildman–Crippen LogP) is 3.74. The molecule has 27 heavy (non-hydrogen) atoms. The number of carbonyl (C=O) groups is 1. The van der Waals surface area contributed by atoms with Crippen molar-refractivity contribution in [2.75, 3.05) is 11.9 Å². The minimum absolute atomic E-state index is 0.147. The molecule has 0 aliphatic carbocycles. The van der Waals surface area contributed by atoms with E-state index in [9.17, 15) is 13.2 Å². The largest absolute Gasteiger partial charge is 0.483 e. The number of hydrogen-bond acceptors (Lipinski definition) is 4. The second kappa shape index (κ2) is 9.21. The summed E-state index contributed by atoms with van der Waals surface area (Å²) in [4.78, 5) is 12.2. The van der Waals surface area contributed by atoms with Crippen LogP contribution >= 0.6 is 11.6 Å². The van der Waals surface area contributed by atoms with Crippen LogP contribution in [0, 0.1) is 6.92 Å². The van der Waals surface area contributed by atoms with Crippen molar-refractivity contribution in [3.05, 3.63) is 53.1 Å². The van der Waals surface area contributed by atoms with Crippen molar-refractivity contribution in [2.45, 2.75) is 38.1 Å². The molecule has 2 aromatic rings. The second-order valence-corrected chi connectivity index (χ2v) is 8.35. The lowest BCUT2D eigenvalue weighted by Gasteiger charge is -2.13. The normalized spacial score (nSPS) is 12.4. The van der Waals surface area contributed by atoms with Crippen LogP contribution in [0.1, 0.15) is 25.8 Å². The number of sulfonamides is 1. The molecule has 0 saturated carbocycles. The number of anilines is 1. The van der Waals surface area contributed by atoms with Crippen LogP contribution in [0.2, 0.25) is 5.02 Å². The fourth-order valence-corrected chi connectivity index (χ4v) is 3.80. The van der Waals surface area contributed by atoms with Gasteiger partial charge in [0, 0.05) is 16.8 Å². The summed E-state index contributed by atoms with van der Waals surface area (Å²) in [5.41, 5.74) is 1.32. The zero-order valence-electron chi connectivity index (χ0n) is 15.5. The molecular weight excluding hydrogens is 388 g/mol. The van der Waals surface area contributed by atoms with Gasteiger partial charge in [0.05, 0.1) is 4.90 Å². The van der Waals surface area contributed by atoms with Gasteiger partial charge in [0.25, 0.3) is 5.91 Å². The van der Waals surface area contributed by atoms with Gasteiger partial charge < -0.3 is 10.1 Å². The van der Waals surface area contributed by atoms with Gasteiger partial charge in [-0.25, -0.2) is 13.1 Å². The Morgan fingerprint density at radius 1 is 1.19 bits per heavy atom. The molecule has 1 unspecified atom stereocenters. The molecule has 0 fully saturated rings. The molecule has 0 aliphatic rings. The average molecular weight is 411 g/mol. The third kappa shape index (κ3) is 6.23. The molecule has 0 heterocycles. The summed E-state index contributed by atoms with van der Waals surface area (Å²) in [6, 6.07) is 11.0. The Balaban J connectivity index is 1.94. The number of halogens is 1. The van der Waals surface area contributed by atoms with Crippen LogP contribution in [-0.4, -0.2) is 27.0 Å². The van der Waals surface area contributed by atoms with Crippen LogP contribution in [0.25, 0.3) is 0 Å². The molecule has 8 heteroatoms. The number of ether oxygens (including phenoxy) is 1. The lowest BCUT2D eigenvalue weighted by atomic mass is 10.2. The molecule has 6 nitrogen and oxygen atoms in total. The molecule has 146 valence electrons. The molecule has 0 spiro atoms. The van der Waals surface area contributed by atoms with Crippen molar-refractivity contribution in [2.24, 2.45) is 0 Å². The maximum absolute atomic E-state index is 12.2. The van der Waals surface area contributed by atoms with E-state index in [2.05, 4.69) is 10.0 Å². The van der Waals surface area contributed by atoms with Crippen LogP contribution < -0.4 is 14.8 Å². The maximum atomic E-state index is 12.2. The van der Waals surface area contributed by atoms with Crippen molar-refractivity contribution in [1.29, 1.82) is 0 Å². The quantitative estimate of drug-likeness (QED) is 0.694. The third-order valence-corrected chi connectivity index (χ3v) is 5.75. The molecule has 0 aromatic heterocycles. The van der Waals surface area contributed by atoms with E-state index in [1.807, 2.05) is 13.8 Å². The molecule has 2 N–H and O–H groups in total. The monoisotopic (exact) mass is 410 g/mol. The van der Waals surface area contributed by atoms with Crippen LogP contribution in [-0.2, 0) is 14.8 Å². The van der Waals surface area contributed by atoms with E-state index in [0.717, 1.165) is 5.56 Å². The Morgan fingerprint density at radius 2 is 1.85 bits per heavy atom. The van der Waals surface area contributed by atoms with Crippen LogP contribution in [0.15, 0.2) is 47.4 Å². The van der Waals surface area contributed by atoms with E-state index in [1.54, 1.807) is 25.1 Å². The first-order valence-electron chi connectivity index (χ1n) is 8.52. The van der Waals surface area contributed by atoms with E-state index in [4.69, 9.17) is 16.3 Å². The fourth-order valence-electron chi connectivity index (χ4n) is 2.25. The molecule has 0 bridgehead atoms. The average Bonchev–Trinajstić information content (AvgIpc) is 2.61. The number of carbonyl (C=O) groups excluding carboxylic acids is 1. The van der Waals surface area contributed by atoms with Gasteiger partial charge in [0.15, 0.2) is 6.61 Å². The SMILES string of the molecule is CCC(C)NS(=O)(=O)c1ccc(NC(=O)COc2ccc(Cl)cc2C)cc1. The Hall–Kier alpha value is -2.09. The summed E-state index contributed by atoms with van der Waals surface area (Å²) in [6.07, 6.45) is 0.695. The molecule has 1 amide bonds. The fraction of sp³-hybridized carbons (Fsp3) is 0.316. The molecule has 2 rings (SSSR count). The minimum Gasteiger partial charge on any atom is -0.483 e. The van der Waals surface area contributed by atoms with Gasteiger partial charge in [-0.1, -0.05) is 18.5 Å². The van der Waals surface area contributed by atoms with Crippen molar-refractivity contribution in [3.8, 4) is 5.75 Å². The van der Waals surface area contributed by atoms with Crippen molar-refractivity contribution < 1.29 is 17.9 Å². The van der Waals surface area contributed by atoms with Crippen LogP contribution in [0.5, 0.6) is 5.75 Å². The molecule has 0 radical (unpaired) electrons. The van der Waals surface area contributed by atoms with Crippen LogP contribution in [0.3, 0.4) is 0 Å². The Kier molecular flexibility index (Phi) is 7.24. The summed E-state index contributed by atoms with van der Waals surface area (Å²) in [5.74, 6) is 0.227. The third-order valence-electron chi connectivity index (χ3n) is 3.91. The number of benzene rings is 2. The zero-order valence-corrected chi connectivity index (χ0v) is 17.0. The lowest BCUT2D eigenvalue weighted by Crippen LogP contribution is -2.32. The number of rotatable bonds is 8. The first kappa shape index (κ1) is 21.2. The standard InChI is InChI=1S/C19H23ClN2O4S/c1-4-14(3)22-27(24,25)17-8-6-16(7-9-17)21-19(23)12-26-18-10-5-15(20)11-13(18)2/h5-11,14,22H,4,12H2,1-3H3,(H,21,23). The van der Waals surface area contributed by atoms with Crippen molar-refractivity contribution in [3.63, 3.8) is 0 Å². The molecule has 0 aliphatic heterocycles. The molecule has 1 atom stereocenters. The predicted molar refractivity (Wildman–Crippen MR) is 107 cm³/mol. The van der Waals surface area contributed by atoms with Crippen molar-refractivity contribution >= 4 is 33.2 Å². The number of amides is 1. The zero-order chi connectivity index (χ0) is 20.0. The topological polar surface area (TPSA) is 84.5 Å². The van der Waals surface area contributed by atoms with Gasteiger partial charge in [0.1, 0.15) is 5.75 Å². The van der Waals surface area contributed by atoms with Crippen LogP contribution in [0.4, 0.5) is 5.69 Å². The summed E-state index contributed by atoms with van der Waals surface area (Å²) < 4.78 is 32.5. The number of aryl methyl sites for hydroxylation is 1. The Bertz CT molecular complexity index is 898. The van der Waals surface area contributed by atoms with Gasteiger partial charge in [-0.3, -0.25) is 4.79 Å².